The molecule has 0 saturated carbocycles. The number of nitrogens with one attached hydrogen (secondary N) is 1. The van der Waals surface area contributed by atoms with E-state index in [4.69, 9.17) is 0 Å². The molecule has 1 aliphatic rings. The number of aliphatic hydroxyl groups is 1. The Bertz CT molecular complexity index is 1220. The number of para-hydroxylation sites is 1. The van der Waals surface area contributed by atoms with E-state index in [-0.39, 0.29) is 5.91 Å². The van der Waals surface area contributed by atoms with Gasteiger partial charge in [0.05, 0.1) is 5.69 Å². The summed E-state index contributed by atoms with van der Waals surface area (Å²) in [4.78, 5) is 18.5. The van der Waals surface area contributed by atoms with Crippen LogP contribution in [0, 0.1) is 0 Å². The van der Waals surface area contributed by atoms with Crippen LogP contribution in [0.2, 0.25) is 0 Å². The first-order valence-electron chi connectivity index (χ1n) is 9.54. The van der Waals surface area contributed by atoms with Crippen LogP contribution in [0.4, 0.5) is 5.69 Å². The molecule has 29 heavy (non-hydrogen) atoms. The van der Waals surface area contributed by atoms with Crippen molar-refractivity contribution in [2.24, 2.45) is 0 Å². The van der Waals surface area contributed by atoms with Gasteiger partial charge in [0.15, 0.2) is 5.60 Å². The fourth-order valence-corrected chi connectivity index (χ4v) is 4.55. The highest BCUT2D eigenvalue weighted by Gasteiger charge is 2.52. The van der Waals surface area contributed by atoms with Crippen molar-refractivity contribution in [2.75, 3.05) is 11.4 Å². The second-order valence-corrected chi connectivity index (χ2v) is 8.23. The summed E-state index contributed by atoms with van der Waals surface area (Å²) in [6.07, 6.45) is 2.46. The maximum absolute atomic E-state index is 13.6. The van der Waals surface area contributed by atoms with Gasteiger partial charge in [0.2, 0.25) is 0 Å². The van der Waals surface area contributed by atoms with Gasteiger partial charge in [0, 0.05) is 39.2 Å². The molecule has 1 aliphatic heterocycles. The smallest absolute Gasteiger partial charge is 0.268 e. The Hall–Kier alpha value is -2.89. The number of aromatic amines is 1. The van der Waals surface area contributed by atoms with Gasteiger partial charge in [-0.2, -0.15) is 0 Å². The predicted molar refractivity (Wildman–Crippen MR) is 118 cm³/mol. The lowest BCUT2D eigenvalue weighted by Gasteiger charge is -2.23. The maximum Gasteiger partial charge on any atom is 0.268 e. The molecule has 5 heteroatoms. The van der Waals surface area contributed by atoms with Crippen LogP contribution in [0.3, 0.4) is 0 Å². The fourth-order valence-electron chi connectivity index (χ4n) is 4.19. The van der Waals surface area contributed by atoms with Crippen molar-refractivity contribution < 1.29 is 9.90 Å². The minimum absolute atomic E-state index is 0.314. The number of rotatable bonds is 4. The molecule has 0 bridgehead atoms. The molecule has 1 aromatic heterocycles. The van der Waals surface area contributed by atoms with Gasteiger partial charge in [0.1, 0.15) is 0 Å². The molecule has 144 valence electrons. The number of amides is 1. The van der Waals surface area contributed by atoms with Gasteiger partial charge in [-0.15, -0.1) is 0 Å². The lowest BCUT2D eigenvalue weighted by Crippen LogP contribution is -2.41. The van der Waals surface area contributed by atoms with E-state index in [0.717, 1.165) is 26.6 Å². The molecule has 4 aromatic rings. The molecular formula is C24H19BrN2O2. The number of carbonyl (C=O) groups excluding carboxylic acids is 1. The standard InChI is InChI=1S/C24H19BrN2O2/c25-17-10-11-22-19(14-17)24(29,20-15-26-21-9-5-4-8-18(20)21)23(28)27(22)13-12-16-6-2-1-3-7-16/h1-11,14-15,26,29H,12-13H2. The summed E-state index contributed by atoms with van der Waals surface area (Å²) in [7, 11) is 0. The summed E-state index contributed by atoms with van der Waals surface area (Å²) >= 11 is 3.50. The first-order valence-corrected chi connectivity index (χ1v) is 10.3. The van der Waals surface area contributed by atoms with E-state index in [1.807, 2.05) is 60.7 Å². The van der Waals surface area contributed by atoms with E-state index in [1.165, 1.54) is 0 Å². The second-order valence-electron chi connectivity index (χ2n) is 7.31. The lowest BCUT2D eigenvalue weighted by molar-refractivity contribution is -0.132. The molecule has 2 heterocycles. The number of hydrogen-bond acceptors (Lipinski definition) is 2. The Kier molecular flexibility index (Phi) is 4.30. The summed E-state index contributed by atoms with van der Waals surface area (Å²) in [5.41, 5.74) is 2.26. The third-order valence-electron chi connectivity index (χ3n) is 5.64. The van der Waals surface area contributed by atoms with Crippen molar-refractivity contribution in [2.45, 2.75) is 12.0 Å². The van der Waals surface area contributed by atoms with E-state index < -0.39 is 5.60 Å². The Balaban J connectivity index is 1.61. The number of anilines is 1. The molecule has 0 radical (unpaired) electrons. The Morgan fingerprint density at radius 1 is 0.966 bits per heavy atom. The zero-order valence-electron chi connectivity index (χ0n) is 15.6. The summed E-state index contributed by atoms with van der Waals surface area (Å²) in [6, 6.07) is 23.4. The lowest BCUT2D eigenvalue weighted by atomic mass is 9.87. The summed E-state index contributed by atoms with van der Waals surface area (Å²) in [6.45, 7) is 0.502. The van der Waals surface area contributed by atoms with Crippen LogP contribution in [0.5, 0.6) is 0 Å². The van der Waals surface area contributed by atoms with Crippen molar-refractivity contribution in [3.05, 3.63) is 100 Å². The van der Waals surface area contributed by atoms with Crippen molar-refractivity contribution >= 4 is 38.4 Å². The highest BCUT2D eigenvalue weighted by molar-refractivity contribution is 9.10. The molecule has 0 spiro atoms. The van der Waals surface area contributed by atoms with Crippen LogP contribution in [0.25, 0.3) is 10.9 Å². The first kappa shape index (κ1) is 18.2. The minimum atomic E-state index is -1.73. The fraction of sp³-hybridized carbons (Fsp3) is 0.125. The van der Waals surface area contributed by atoms with Crippen molar-refractivity contribution in [1.29, 1.82) is 0 Å². The third-order valence-corrected chi connectivity index (χ3v) is 6.13. The summed E-state index contributed by atoms with van der Waals surface area (Å²) in [5.74, 6) is -0.314. The SMILES string of the molecule is O=C1N(CCc2ccccc2)c2ccc(Br)cc2C1(O)c1c[nH]c2ccccc12. The van der Waals surface area contributed by atoms with Gasteiger partial charge < -0.3 is 15.0 Å². The molecule has 0 aliphatic carbocycles. The number of nitrogens with zero attached hydrogens (tertiary/aromatic N) is 1. The van der Waals surface area contributed by atoms with Gasteiger partial charge in [-0.1, -0.05) is 64.5 Å². The van der Waals surface area contributed by atoms with Crippen LogP contribution >= 0.6 is 15.9 Å². The molecule has 2 N–H and O–H groups in total. The van der Waals surface area contributed by atoms with Gasteiger partial charge in [-0.3, -0.25) is 4.79 Å². The number of fused-ring (bicyclic) bond motifs is 2. The van der Waals surface area contributed by atoms with Crippen LogP contribution < -0.4 is 4.90 Å². The topological polar surface area (TPSA) is 56.3 Å². The number of carbonyl (C=O) groups is 1. The van der Waals surface area contributed by atoms with E-state index >= 15 is 0 Å². The van der Waals surface area contributed by atoms with Gasteiger partial charge in [-0.25, -0.2) is 0 Å². The zero-order valence-corrected chi connectivity index (χ0v) is 17.2. The zero-order chi connectivity index (χ0) is 20.0. The number of halogens is 1. The molecule has 1 atom stereocenters. The molecule has 1 unspecified atom stereocenters. The minimum Gasteiger partial charge on any atom is -0.372 e. The highest BCUT2D eigenvalue weighted by Crippen LogP contribution is 2.47. The first-order chi connectivity index (χ1) is 14.1. The van der Waals surface area contributed by atoms with Crippen molar-refractivity contribution in [3.8, 4) is 0 Å². The highest BCUT2D eigenvalue weighted by atomic mass is 79.9. The summed E-state index contributed by atoms with van der Waals surface area (Å²) in [5, 5.41) is 12.7. The molecule has 1 amide bonds. The Labute approximate surface area is 176 Å². The van der Waals surface area contributed by atoms with E-state index in [2.05, 4.69) is 33.0 Å². The molecule has 4 nitrogen and oxygen atoms in total. The number of H-pyrrole nitrogens is 1. The van der Waals surface area contributed by atoms with Crippen LogP contribution in [-0.4, -0.2) is 22.5 Å². The molecule has 0 fully saturated rings. The average molecular weight is 447 g/mol. The Morgan fingerprint density at radius 2 is 1.72 bits per heavy atom. The Morgan fingerprint density at radius 3 is 2.55 bits per heavy atom. The van der Waals surface area contributed by atoms with E-state index in [9.17, 15) is 9.90 Å². The normalized spacial score (nSPS) is 18.4. The molecule has 0 saturated heterocycles. The average Bonchev–Trinajstić information content (AvgIpc) is 3.27. The van der Waals surface area contributed by atoms with Gasteiger partial charge >= 0.3 is 0 Å². The van der Waals surface area contributed by atoms with Gasteiger partial charge in [-0.05, 0) is 36.2 Å². The molecule has 5 rings (SSSR count). The summed E-state index contributed by atoms with van der Waals surface area (Å²) < 4.78 is 0.826. The van der Waals surface area contributed by atoms with E-state index in [0.29, 0.717) is 24.1 Å². The number of hydrogen-bond donors (Lipinski definition) is 2. The number of benzene rings is 3. The largest absolute Gasteiger partial charge is 0.372 e. The van der Waals surface area contributed by atoms with Gasteiger partial charge in [0.25, 0.3) is 5.91 Å². The quantitative estimate of drug-likeness (QED) is 0.474. The van der Waals surface area contributed by atoms with Crippen LogP contribution in [0.15, 0.2) is 83.5 Å². The van der Waals surface area contributed by atoms with Crippen molar-refractivity contribution in [1.82, 2.24) is 4.98 Å². The molecule has 3 aromatic carbocycles. The predicted octanol–water partition coefficient (Wildman–Crippen LogP) is 4.76. The van der Waals surface area contributed by atoms with Crippen LogP contribution in [-0.2, 0) is 16.8 Å². The monoisotopic (exact) mass is 446 g/mol. The number of aromatic nitrogens is 1. The van der Waals surface area contributed by atoms with Crippen molar-refractivity contribution in [3.63, 3.8) is 0 Å². The second kappa shape index (κ2) is 6.87. The third kappa shape index (κ3) is 2.81. The molecular weight excluding hydrogens is 428 g/mol. The van der Waals surface area contributed by atoms with E-state index in [1.54, 1.807) is 11.1 Å². The maximum atomic E-state index is 13.6. The van der Waals surface area contributed by atoms with Crippen LogP contribution in [0.1, 0.15) is 16.7 Å².